The van der Waals surface area contributed by atoms with E-state index in [2.05, 4.69) is 15.5 Å². The zero-order valence-corrected chi connectivity index (χ0v) is 14.7. The molecule has 1 aliphatic rings. The molecule has 0 saturated carbocycles. The molecule has 0 aliphatic carbocycles. The molecule has 0 spiro atoms. The van der Waals surface area contributed by atoms with Gasteiger partial charge in [-0.1, -0.05) is 23.8 Å². The molecule has 4 rings (SSSR count). The maximum atomic E-state index is 12.5. The third-order valence-corrected chi connectivity index (χ3v) is 4.20. The number of fused-ring (bicyclic) bond motifs is 1. The quantitative estimate of drug-likeness (QED) is 0.714. The molecule has 2 N–H and O–H groups in total. The number of hydrogen-bond donors (Lipinski definition) is 2. The molecule has 0 bridgehead atoms. The third-order valence-electron chi connectivity index (χ3n) is 4.20. The van der Waals surface area contributed by atoms with Crippen molar-refractivity contribution in [2.45, 2.75) is 20.1 Å². The lowest BCUT2D eigenvalue weighted by atomic mass is 10.2. The minimum Gasteiger partial charge on any atom is -0.454 e. The molecule has 3 aromatic rings. The molecule has 0 atom stereocenters. The summed E-state index contributed by atoms with van der Waals surface area (Å²) in [5.41, 5.74) is 3.00. The van der Waals surface area contributed by atoms with Crippen molar-refractivity contribution >= 4 is 5.91 Å². The first-order chi connectivity index (χ1) is 13.1. The minimum atomic E-state index is -0.407. The Morgan fingerprint density at radius 1 is 1.15 bits per heavy atom. The zero-order valence-electron chi connectivity index (χ0n) is 14.7. The number of aromatic nitrogens is 3. The topological polar surface area (TPSA) is 98.5 Å². The summed E-state index contributed by atoms with van der Waals surface area (Å²) >= 11 is 0. The molecule has 1 aliphatic heterocycles. The molecule has 2 aromatic carbocycles. The van der Waals surface area contributed by atoms with Crippen LogP contribution in [0.2, 0.25) is 0 Å². The van der Waals surface area contributed by atoms with Crippen molar-refractivity contribution < 1.29 is 19.4 Å². The molecule has 2 heterocycles. The van der Waals surface area contributed by atoms with E-state index in [0.29, 0.717) is 17.2 Å². The number of ether oxygens (including phenoxy) is 2. The monoisotopic (exact) mass is 366 g/mol. The molecule has 0 radical (unpaired) electrons. The number of aryl methyl sites for hydroxylation is 1. The average molecular weight is 366 g/mol. The number of nitrogens with one attached hydrogen (secondary N) is 1. The number of hydrogen-bond acceptors (Lipinski definition) is 6. The van der Waals surface area contributed by atoms with Crippen LogP contribution in [-0.2, 0) is 13.2 Å². The molecule has 27 heavy (non-hydrogen) atoms. The van der Waals surface area contributed by atoms with Gasteiger partial charge in [-0.15, -0.1) is 10.2 Å². The van der Waals surface area contributed by atoms with Crippen LogP contribution >= 0.6 is 0 Å². The van der Waals surface area contributed by atoms with Gasteiger partial charge in [-0.2, -0.15) is 4.80 Å². The molecule has 8 nitrogen and oxygen atoms in total. The largest absolute Gasteiger partial charge is 0.454 e. The Bertz CT molecular complexity index is 982. The molecule has 1 aromatic heterocycles. The van der Waals surface area contributed by atoms with Gasteiger partial charge in [-0.3, -0.25) is 4.79 Å². The second-order valence-corrected chi connectivity index (χ2v) is 6.15. The van der Waals surface area contributed by atoms with Crippen molar-refractivity contribution in [3.05, 3.63) is 65.0 Å². The van der Waals surface area contributed by atoms with Crippen LogP contribution in [0.15, 0.2) is 42.5 Å². The molecular weight excluding hydrogens is 348 g/mol. The first-order valence-electron chi connectivity index (χ1n) is 8.45. The molecule has 0 unspecified atom stereocenters. The van der Waals surface area contributed by atoms with Crippen LogP contribution in [0, 0.1) is 6.92 Å². The van der Waals surface area contributed by atoms with Crippen molar-refractivity contribution in [3.8, 4) is 17.2 Å². The molecule has 0 saturated heterocycles. The summed E-state index contributed by atoms with van der Waals surface area (Å²) in [6.45, 7) is 2.10. The number of carbonyl (C=O) groups is 1. The second kappa shape index (κ2) is 7.08. The first kappa shape index (κ1) is 17.0. The van der Waals surface area contributed by atoms with Gasteiger partial charge < -0.3 is 19.9 Å². The van der Waals surface area contributed by atoms with Crippen LogP contribution in [0.1, 0.15) is 27.3 Å². The lowest BCUT2D eigenvalue weighted by Gasteiger charge is -2.05. The summed E-state index contributed by atoms with van der Waals surface area (Å²) in [5.74, 6) is 0.937. The smallest absolute Gasteiger partial charge is 0.274 e. The number of nitrogens with zero attached hydrogens (tertiary/aromatic N) is 3. The van der Waals surface area contributed by atoms with Gasteiger partial charge >= 0.3 is 0 Å². The van der Waals surface area contributed by atoms with Crippen molar-refractivity contribution in [3.63, 3.8) is 0 Å². The van der Waals surface area contributed by atoms with Gasteiger partial charge in [0.2, 0.25) is 6.79 Å². The van der Waals surface area contributed by atoms with E-state index >= 15 is 0 Å². The van der Waals surface area contributed by atoms with Gasteiger partial charge in [0.25, 0.3) is 5.91 Å². The van der Waals surface area contributed by atoms with Gasteiger partial charge in [0, 0.05) is 6.54 Å². The van der Waals surface area contributed by atoms with E-state index in [1.807, 2.05) is 43.3 Å². The van der Waals surface area contributed by atoms with Gasteiger partial charge in [-0.05, 0) is 36.8 Å². The van der Waals surface area contributed by atoms with Crippen LogP contribution in [0.25, 0.3) is 5.69 Å². The first-order valence-corrected chi connectivity index (χ1v) is 8.45. The van der Waals surface area contributed by atoms with Gasteiger partial charge in [0.15, 0.2) is 17.2 Å². The SMILES string of the molecule is Cc1ccc(-n2nc(CO)c(C(=O)NCc3ccc4c(c3)OCO4)n2)cc1. The zero-order chi connectivity index (χ0) is 18.8. The Morgan fingerprint density at radius 3 is 2.70 bits per heavy atom. The normalized spacial score (nSPS) is 12.2. The standard InChI is InChI=1S/C19H18N4O4/c1-12-2-5-14(6-3-12)23-21-15(10-24)18(22-23)19(25)20-9-13-4-7-16-17(8-13)27-11-26-16/h2-8,24H,9-11H2,1H3,(H,20,25). The van der Waals surface area contributed by atoms with Crippen molar-refractivity contribution in [1.82, 2.24) is 20.3 Å². The highest BCUT2D eigenvalue weighted by Crippen LogP contribution is 2.32. The van der Waals surface area contributed by atoms with Crippen LogP contribution in [0.4, 0.5) is 0 Å². The Hall–Kier alpha value is -3.39. The van der Waals surface area contributed by atoms with E-state index in [9.17, 15) is 9.90 Å². The van der Waals surface area contributed by atoms with Gasteiger partial charge in [-0.25, -0.2) is 0 Å². The van der Waals surface area contributed by atoms with E-state index in [4.69, 9.17) is 9.47 Å². The number of rotatable bonds is 5. The summed E-state index contributed by atoms with van der Waals surface area (Å²) in [7, 11) is 0. The maximum Gasteiger partial charge on any atom is 0.274 e. The van der Waals surface area contributed by atoms with E-state index in [-0.39, 0.29) is 31.3 Å². The minimum absolute atomic E-state index is 0.0961. The Morgan fingerprint density at radius 2 is 1.93 bits per heavy atom. The Labute approximate surface area is 155 Å². The Kier molecular flexibility index (Phi) is 4.47. The highest BCUT2D eigenvalue weighted by Gasteiger charge is 2.19. The lowest BCUT2D eigenvalue weighted by Crippen LogP contribution is -2.24. The fourth-order valence-corrected chi connectivity index (χ4v) is 2.73. The maximum absolute atomic E-state index is 12.5. The number of amides is 1. The molecule has 138 valence electrons. The summed E-state index contributed by atoms with van der Waals surface area (Å²) in [6, 6.07) is 13.0. The highest BCUT2D eigenvalue weighted by molar-refractivity contribution is 5.93. The average Bonchev–Trinajstić information content (AvgIpc) is 3.33. The van der Waals surface area contributed by atoms with E-state index in [1.54, 1.807) is 6.07 Å². The fourth-order valence-electron chi connectivity index (χ4n) is 2.73. The van der Waals surface area contributed by atoms with E-state index in [0.717, 1.165) is 11.1 Å². The number of carbonyl (C=O) groups excluding carboxylic acids is 1. The molecule has 0 fully saturated rings. The summed E-state index contributed by atoms with van der Waals surface area (Å²) in [4.78, 5) is 13.9. The van der Waals surface area contributed by atoms with Crippen LogP contribution in [-0.4, -0.2) is 32.8 Å². The fraction of sp³-hybridized carbons (Fsp3) is 0.211. The predicted octanol–water partition coefficient (Wildman–Crippen LogP) is 1.73. The number of aliphatic hydroxyl groups is 1. The second-order valence-electron chi connectivity index (χ2n) is 6.15. The predicted molar refractivity (Wildman–Crippen MR) is 95.8 cm³/mol. The van der Waals surface area contributed by atoms with E-state index in [1.165, 1.54) is 4.80 Å². The summed E-state index contributed by atoms with van der Waals surface area (Å²) in [6.07, 6.45) is 0. The van der Waals surface area contributed by atoms with Crippen molar-refractivity contribution in [1.29, 1.82) is 0 Å². The third kappa shape index (κ3) is 3.47. The lowest BCUT2D eigenvalue weighted by molar-refractivity contribution is 0.0942. The Balaban J connectivity index is 1.50. The van der Waals surface area contributed by atoms with Gasteiger partial charge in [0.1, 0.15) is 5.69 Å². The number of aliphatic hydroxyl groups excluding tert-OH is 1. The van der Waals surface area contributed by atoms with Crippen molar-refractivity contribution in [2.24, 2.45) is 0 Å². The summed E-state index contributed by atoms with van der Waals surface area (Å²) < 4.78 is 10.6. The van der Waals surface area contributed by atoms with Gasteiger partial charge in [0.05, 0.1) is 12.3 Å². The van der Waals surface area contributed by atoms with Crippen LogP contribution < -0.4 is 14.8 Å². The van der Waals surface area contributed by atoms with Crippen LogP contribution in [0.5, 0.6) is 11.5 Å². The van der Waals surface area contributed by atoms with E-state index < -0.39 is 5.91 Å². The molecule has 1 amide bonds. The number of benzene rings is 2. The molecule has 8 heteroatoms. The summed E-state index contributed by atoms with van der Waals surface area (Å²) in [5, 5.41) is 20.8. The molecular formula is C19H18N4O4. The highest BCUT2D eigenvalue weighted by atomic mass is 16.7. The van der Waals surface area contributed by atoms with Crippen LogP contribution in [0.3, 0.4) is 0 Å². The van der Waals surface area contributed by atoms with Crippen molar-refractivity contribution in [2.75, 3.05) is 6.79 Å².